The van der Waals surface area contributed by atoms with Gasteiger partial charge in [0.25, 0.3) is 11.1 Å². The van der Waals surface area contributed by atoms with Crippen LogP contribution in [0.1, 0.15) is 11.1 Å². The van der Waals surface area contributed by atoms with Crippen LogP contribution in [0.15, 0.2) is 77.7 Å². The van der Waals surface area contributed by atoms with E-state index in [1.54, 1.807) is 60.7 Å². The molecule has 0 saturated carbocycles. The van der Waals surface area contributed by atoms with Crippen LogP contribution in [0.25, 0.3) is 6.08 Å². The fourth-order valence-corrected chi connectivity index (χ4v) is 4.16. The van der Waals surface area contributed by atoms with E-state index in [1.165, 1.54) is 19.3 Å². The Bertz CT molecular complexity index is 1300. The van der Waals surface area contributed by atoms with Crippen LogP contribution >= 0.6 is 11.8 Å². The molecule has 3 aromatic rings. The van der Waals surface area contributed by atoms with Crippen LogP contribution in [0.4, 0.5) is 14.9 Å². The summed E-state index contributed by atoms with van der Waals surface area (Å²) in [6, 6.07) is 20.0. The zero-order chi connectivity index (χ0) is 24.8. The summed E-state index contributed by atoms with van der Waals surface area (Å²) in [5.74, 6) is -0.636. The molecule has 3 amide bonds. The monoisotopic (exact) mass is 492 g/mol. The SMILES string of the molecule is COc1ccc(/C=C2\SC(=O)N(CC(=O)Nc3ccccc3)C2=O)cc1OCc1ccccc1F. The molecule has 1 heterocycles. The highest BCUT2D eigenvalue weighted by Crippen LogP contribution is 2.35. The van der Waals surface area contributed by atoms with Crippen LogP contribution in [-0.4, -0.2) is 35.6 Å². The first-order valence-electron chi connectivity index (χ1n) is 10.6. The molecule has 0 radical (unpaired) electrons. The van der Waals surface area contributed by atoms with Gasteiger partial charge in [-0.05, 0) is 53.7 Å². The number of hydrogen-bond donors (Lipinski definition) is 1. The molecule has 0 unspecified atom stereocenters. The van der Waals surface area contributed by atoms with Crippen molar-refractivity contribution < 1.29 is 28.2 Å². The Morgan fingerprint density at radius 2 is 1.77 bits per heavy atom. The van der Waals surface area contributed by atoms with Gasteiger partial charge in [0.05, 0.1) is 12.0 Å². The minimum Gasteiger partial charge on any atom is -0.493 e. The Kier molecular flexibility index (Phi) is 7.47. The highest BCUT2D eigenvalue weighted by molar-refractivity contribution is 8.18. The molecule has 1 fully saturated rings. The second kappa shape index (κ2) is 10.9. The van der Waals surface area contributed by atoms with Crippen molar-refractivity contribution in [2.24, 2.45) is 0 Å². The number of ether oxygens (including phenoxy) is 2. The molecule has 0 atom stereocenters. The average molecular weight is 493 g/mol. The standard InChI is InChI=1S/C26H21FN2O5S/c1-33-21-12-11-17(13-22(21)34-16-18-7-5-6-10-20(18)27)14-23-25(31)29(26(32)35-23)15-24(30)28-19-8-3-2-4-9-19/h2-14H,15-16H2,1H3,(H,28,30)/b23-14-. The van der Waals surface area contributed by atoms with Crippen molar-refractivity contribution in [2.75, 3.05) is 19.0 Å². The van der Waals surface area contributed by atoms with Gasteiger partial charge in [-0.1, -0.05) is 42.5 Å². The number of carbonyl (C=O) groups excluding carboxylic acids is 3. The highest BCUT2D eigenvalue weighted by Gasteiger charge is 2.36. The Morgan fingerprint density at radius 3 is 2.51 bits per heavy atom. The van der Waals surface area contributed by atoms with Gasteiger partial charge < -0.3 is 14.8 Å². The molecule has 35 heavy (non-hydrogen) atoms. The summed E-state index contributed by atoms with van der Waals surface area (Å²) >= 11 is 0.750. The van der Waals surface area contributed by atoms with Crippen molar-refractivity contribution >= 4 is 40.6 Å². The third kappa shape index (κ3) is 5.88. The number of carbonyl (C=O) groups is 3. The summed E-state index contributed by atoms with van der Waals surface area (Å²) in [5.41, 5.74) is 1.53. The summed E-state index contributed by atoms with van der Waals surface area (Å²) in [4.78, 5) is 38.6. The second-order valence-corrected chi connectivity index (χ2v) is 8.47. The molecule has 0 bridgehead atoms. The molecule has 1 aliphatic heterocycles. The molecule has 178 valence electrons. The first-order chi connectivity index (χ1) is 16.9. The molecular formula is C26H21FN2O5S. The summed E-state index contributed by atoms with van der Waals surface area (Å²) in [7, 11) is 1.48. The van der Waals surface area contributed by atoms with E-state index < -0.39 is 23.6 Å². The molecule has 1 aliphatic rings. The normalized spacial score (nSPS) is 14.3. The van der Waals surface area contributed by atoms with Gasteiger partial charge in [-0.3, -0.25) is 19.3 Å². The summed E-state index contributed by atoms with van der Waals surface area (Å²) in [6.07, 6.45) is 1.54. The second-order valence-electron chi connectivity index (χ2n) is 7.47. The van der Waals surface area contributed by atoms with Crippen LogP contribution in [0.5, 0.6) is 11.5 Å². The van der Waals surface area contributed by atoms with Gasteiger partial charge in [-0.2, -0.15) is 0 Å². The molecular weight excluding hydrogens is 471 g/mol. The number of nitrogens with zero attached hydrogens (tertiary/aromatic N) is 1. The van der Waals surface area contributed by atoms with Crippen molar-refractivity contribution in [3.63, 3.8) is 0 Å². The van der Waals surface area contributed by atoms with Crippen LogP contribution < -0.4 is 14.8 Å². The van der Waals surface area contributed by atoms with Gasteiger partial charge in [0, 0.05) is 11.3 Å². The summed E-state index contributed by atoms with van der Waals surface area (Å²) in [6.45, 7) is -0.407. The van der Waals surface area contributed by atoms with Crippen LogP contribution in [-0.2, 0) is 16.2 Å². The molecule has 9 heteroatoms. The van der Waals surface area contributed by atoms with E-state index in [0.29, 0.717) is 28.3 Å². The van der Waals surface area contributed by atoms with Crippen LogP contribution in [0.3, 0.4) is 0 Å². The minimum atomic E-state index is -0.562. The molecule has 0 spiro atoms. The van der Waals surface area contributed by atoms with Crippen molar-refractivity contribution in [3.05, 3.63) is 94.6 Å². The predicted molar refractivity (Wildman–Crippen MR) is 131 cm³/mol. The fourth-order valence-electron chi connectivity index (χ4n) is 3.32. The van der Waals surface area contributed by atoms with Gasteiger partial charge in [0.1, 0.15) is 19.0 Å². The number of benzene rings is 3. The van der Waals surface area contributed by atoms with Gasteiger partial charge in [0.2, 0.25) is 5.91 Å². The van der Waals surface area contributed by atoms with Crippen molar-refractivity contribution in [1.82, 2.24) is 4.90 Å². The predicted octanol–water partition coefficient (Wildman–Crippen LogP) is 5.09. The Hall–Kier alpha value is -4.11. The number of methoxy groups -OCH3 is 1. The molecule has 1 saturated heterocycles. The first kappa shape index (κ1) is 24.0. The molecule has 0 aromatic heterocycles. The van der Waals surface area contributed by atoms with E-state index in [1.807, 2.05) is 6.07 Å². The lowest BCUT2D eigenvalue weighted by Gasteiger charge is -2.13. The van der Waals surface area contributed by atoms with E-state index >= 15 is 0 Å². The maximum absolute atomic E-state index is 13.9. The Morgan fingerprint density at radius 1 is 1.03 bits per heavy atom. The topological polar surface area (TPSA) is 84.9 Å². The molecule has 7 nitrogen and oxygen atoms in total. The fraction of sp³-hybridized carbons (Fsp3) is 0.115. The van der Waals surface area contributed by atoms with E-state index in [9.17, 15) is 18.8 Å². The minimum absolute atomic E-state index is 0.0144. The van der Waals surface area contributed by atoms with Crippen LogP contribution in [0.2, 0.25) is 0 Å². The number of imide groups is 1. The van der Waals surface area contributed by atoms with Gasteiger partial charge in [-0.15, -0.1) is 0 Å². The Balaban J connectivity index is 1.47. The molecule has 4 rings (SSSR count). The largest absolute Gasteiger partial charge is 0.493 e. The lowest BCUT2D eigenvalue weighted by Crippen LogP contribution is -2.36. The number of nitrogens with one attached hydrogen (secondary N) is 1. The zero-order valence-corrected chi connectivity index (χ0v) is 19.5. The van der Waals surface area contributed by atoms with Crippen LogP contribution in [0, 0.1) is 5.82 Å². The maximum Gasteiger partial charge on any atom is 0.294 e. The Labute approximate surface area is 205 Å². The molecule has 3 aromatic carbocycles. The lowest BCUT2D eigenvalue weighted by molar-refractivity contribution is -0.127. The third-order valence-corrected chi connectivity index (χ3v) is 5.97. The number of halogens is 1. The number of hydrogen-bond acceptors (Lipinski definition) is 6. The van der Waals surface area contributed by atoms with E-state index in [4.69, 9.17) is 9.47 Å². The van der Waals surface area contributed by atoms with Gasteiger partial charge >= 0.3 is 0 Å². The maximum atomic E-state index is 13.9. The zero-order valence-electron chi connectivity index (χ0n) is 18.7. The number of rotatable bonds is 8. The van der Waals surface area contributed by atoms with Crippen molar-refractivity contribution in [2.45, 2.75) is 6.61 Å². The lowest BCUT2D eigenvalue weighted by atomic mass is 10.1. The number of thioether (sulfide) groups is 1. The van der Waals surface area contributed by atoms with Gasteiger partial charge in [0.15, 0.2) is 11.5 Å². The van der Waals surface area contributed by atoms with Gasteiger partial charge in [-0.25, -0.2) is 4.39 Å². The first-order valence-corrected chi connectivity index (χ1v) is 11.4. The third-order valence-electron chi connectivity index (χ3n) is 5.06. The quantitative estimate of drug-likeness (QED) is 0.441. The van der Waals surface area contributed by atoms with Crippen molar-refractivity contribution in [3.8, 4) is 11.5 Å². The van der Waals surface area contributed by atoms with Crippen molar-refractivity contribution in [1.29, 1.82) is 0 Å². The smallest absolute Gasteiger partial charge is 0.294 e. The average Bonchev–Trinajstić information content (AvgIpc) is 3.11. The van der Waals surface area contributed by atoms with E-state index in [-0.39, 0.29) is 17.3 Å². The number of para-hydroxylation sites is 1. The van der Waals surface area contributed by atoms with E-state index in [2.05, 4.69) is 5.32 Å². The number of amides is 3. The summed E-state index contributed by atoms with van der Waals surface area (Å²) in [5, 5.41) is 2.12. The molecule has 0 aliphatic carbocycles. The number of anilines is 1. The highest BCUT2D eigenvalue weighted by atomic mass is 32.2. The molecule has 1 N–H and O–H groups in total. The van der Waals surface area contributed by atoms with E-state index in [0.717, 1.165) is 16.7 Å². The summed E-state index contributed by atoms with van der Waals surface area (Å²) < 4.78 is 25.0.